The van der Waals surface area contributed by atoms with Crippen molar-refractivity contribution in [1.29, 1.82) is 0 Å². The minimum Gasteiger partial charge on any atom is -0.497 e. The first-order chi connectivity index (χ1) is 37.3. The Balaban J connectivity index is 0.658. The molecule has 2 fully saturated rings. The summed E-state index contributed by atoms with van der Waals surface area (Å²) in [6.07, 6.45) is 2.52. The lowest BCUT2D eigenvalue weighted by molar-refractivity contribution is -0.137. The number of fused-ring (bicyclic) bond motifs is 1. The molecule has 2 saturated heterocycles. The number of imide groups is 1. The summed E-state index contributed by atoms with van der Waals surface area (Å²) in [4.78, 5) is 81.5. The van der Waals surface area contributed by atoms with Crippen molar-refractivity contribution in [3.05, 3.63) is 130 Å². The summed E-state index contributed by atoms with van der Waals surface area (Å²) < 4.78 is 27.6. The van der Waals surface area contributed by atoms with Gasteiger partial charge in [-0.05, 0) is 123 Å². The van der Waals surface area contributed by atoms with Gasteiger partial charge < -0.3 is 44.1 Å². The Kier molecular flexibility index (Phi) is 18.9. The van der Waals surface area contributed by atoms with E-state index in [9.17, 15) is 28.8 Å². The van der Waals surface area contributed by atoms with Gasteiger partial charge in [-0.15, -0.1) is 0 Å². The van der Waals surface area contributed by atoms with Crippen molar-refractivity contribution in [1.82, 2.24) is 35.9 Å². The molecule has 1 aromatic heterocycles. The molecule has 20 nitrogen and oxygen atoms in total. The van der Waals surface area contributed by atoms with Gasteiger partial charge in [-0.1, -0.05) is 18.2 Å². The van der Waals surface area contributed by atoms with E-state index in [1.165, 1.54) is 4.90 Å². The van der Waals surface area contributed by atoms with Gasteiger partial charge >= 0.3 is 0 Å². The highest BCUT2D eigenvalue weighted by molar-refractivity contribution is 6.06. The molecular weight excluding hydrogens is 987 g/mol. The van der Waals surface area contributed by atoms with Crippen LogP contribution in [-0.4, -0.2) is 147 Å². The largest absolute Gasteiger partial charge is 0.497 e. The second kappa shape index (κ2) is 26.5. The molecule has 0 saturated carbocycles. The lowest BCUT2D eigenvalue weighted by atomic mass is 10.0. The lowest BCUT2D eigenvalue weighted by Gasteiger charge is -2.45. The standard InChI is InChI=1S/C57H65N9O11/c1-37-32-64(44-14-11-42(12-15-44)55(70)60-51-30-43(62-63-51)13-8-40-28-46(73-3)31-47(29-40)74-4)33-38(2)65(37)35-53(68)58-22-20-39-9-16-45(17-10-39)77-27-26-75-24-25-76-36-54(69)59-23-21-41-6-5-7-48-49(41)34-66(57(48)72)50-18-19-52(67)61-56(50)71/h5-7,9-12,14-17,28-31,37-38,50H,8,13,18-20,22,24-27,32-36H2,1-4H3,(H,58,68)(H,59,69)(H,61,67,71)(H2,60,62,63,70)/t37-,38+,50?. The molecule has 5 aromatic rings. The zero-order valence-corrected chi connectivity index (χ0v) is 43.8. The highest BCUT2D eigenvalue weighted by atomic mass is 16.5. The van der Waals surface area contributed by atoms with Gasteiger partial charge in [-0.2, -0.15) is 5.10 Å². The number of anilines is 2. The fourth-order valence-corrected chi connectivity index (χ4v) is 9.57. The molecule has 0 aliphatic carbocycles. The fourth-order valence-electron chi connectivity index (χ4n) is 9.57. The number of nitrogens with one attached hydrogen (secondary N) is 5. The van der Waals surface area contributed by atoms with Crippen LogP contribution < -0.4 is 40.4 Å². The van der Waals surface area contributed by atoms with Gasteiger partial charge in [-0.25, -0.2) is 0 Å². The van der Waals surface area contributed by atoms with Crippen LogP contribution in [0.5, 0.6) is 17.2 Å². The number of benzene rings is 4. The molecule has 77 heavy (non-hydrogen) atoms. The monoisotopic (exact) mass is 1050 g/mol. The van der Waals surface area contributed by atoms with E-state index >= 15 is 0 Å². The quantitative estimate of drug-likeness (QED) is 0.0269. The molecule has 5 N–H and O–H groups in total. The molecule has 404 valence electrons. The second-order valence-corrected chi connectivity index (χ2v) is 19.1. The molecule has 4 aromatic carbocycles. The normalized spacial score (nSPS) is 17.2. The topological polar surface area (TPSA) is 235 Å². The van der Waals surface area contributed by atoms with Crippen LogP contribution in [0.1, 0.15) is 75.4 Å². The molecule has 4 heterocycles. The number of aryl methyl sites for hydroxylation is 2. The number of carbonyl (C=O) groups excluding carboxylic acids is 6. The number of hydrogen-bond donors (Lipinski definition) is 5. The van der Waals surface area contributed by atoms with E-state index in [0.717, 1.165) is 53.5 Å². The zero-order chi connectivity index (χ0) is 54.3. The van der Waals surface area contributed by atoms with Crippen LogP contribution in [0, 0.1) is 12.0 Å². The molecule has 0 spiro atoms. The van der Waals surface area contributed by atoms with E-state index in [1.807, 2.05) is 72.8 Å². The summed E-state index contributed by atoms with van der Waals surface area (Å²) in [6, 6.07) is 30.1. The van der Waals surface area contributed by atoms with Crippen molar-refractivity contribution in [3.63, 3.8) is 0 Å². The zero-order valence-electron chi connectivity index (χ0n) is 43.8. The number of rotatable bonds is 23. The third kappa shape index (κ3) is 15.0. The van der Waals surface area contributed by atoms with Gasteiger partial charge in [0.2, 0.25) is 17.7 Å². The number of methoxy groups -OCH3 is 2. The minimum atomic E-state index is -0.729. The van der Waals surface area contributed by atoms with Gasteiger partial charge in [0.05, 0.1) is 40.6 Å². The first kappa shape index (κ1) is 55.0. The molecule has 3 aliphatic rings. The highest BCUT2D eigenvalue weighted by Gasteiger charge is 2.40. The van der Waals surface area contributed by atoms with Crippen molar-refractivity contribution in [2.75, 3.05) is 83.6 Å². The van der Waals surface area contributed by atoms with Crippen LogP contribution in [0.2, 0.25) is 0 Å². The summed E-state index contributed by atoms with van der Waals surface area (Å²) in [7, 11) is 3.25. The molecule has 6 amide bonds. The Labute approximate surface area is 447 Å². The van der Waals surface area contributed by atoms with Crippen molar-refractivity contribution in [2.24, 2.45) is 0 Å². The van der Waals surface area contributed by atoms with Crippen LogP contribution in [0.4, 0.5) is 11.5 Å². The number of aromatic amines is 1. The van der Waals surface area contributed by atoms with Gasteiger partial charge in [0.25, 0.3) is 17.7 Å². The number of ether oxygens (including phenoxy) is 5. The average molecular weight is 1050 g/mol. The Morgan fingerprint density at radius 2 is 1.51 bits per heavy atom. The number of piperidine rings is 1. The molecule has 0 radical (unpaired) electrons. The van der Waals surface area contributed by atoms with Crippen molar-refractivity contribution in [2.45, 2.75) is 70.6 Å². The molecule has 1 unspecified atom stereocenters. The van der Waals surface area contributed by atoms with E-state index < -0.39 is 17.9 Å². The van der Waals surface area contributed by atoms with Crippen LogP contribution in [0.25, 0.3) is 0 Å². The fraction of sp³-hybridized carbons (Fsp3) is 0.386. The SMILES string of the molecule is COc1cc(CCc2cc(NC(=O)c3ccc(N4C[C@@H](C)N(CC(=O)NCCc5ccc(OCCOCCOCC(=O)NC#Cc6cccc7c6CN(C6CCC(=O)NC6=O)C7=O)cc5)[C@@H](C)C4)cc3)n[nH]2)cc(OC)c1. The van der Waals surface area contributed by atoms with Crippen molar-refractivity contribution >= 4 is 46.9 Å². The molecule has 8 rings (SSSR count). The number of hydrogen-bond acceptors (Lipinski definition) is 14. The molecular formula is C57H65N9O11. The van der Waals surface area contributed by atoms with E-state index in [1.54, 1.807) is 32.4 Å². The average Bonchev–Trinajstić information content (AvgIpc) is 4.05. The predicted molar refractivity (Wildman–Crippen MR) is 286 cm³/mol. The number of nitrogens with zero attached hydrogens (tertiary/aromatic N) is 4. The Morgan fingerprint density at radius 3 is 2.23 bits per heavy atom. The van der Waals surface area contributed by atoms with Crippen LogP contribution in [0.3, 0.4) is 0 Å². The minimum absolute atomic E-state index is 0.0251. The van der Waals surface area contributed by atoms with E-state index in [0.29, 0.717) is 73.0 Å². The lowest BCUT2D eigenvalue weighted by Crippen LogP contribution is -2.58. The predicted octanol–water partition coefficient (Wildman–Crippen LogP) is 4.02. The van der Waals surface area contributed by atoms with Crippen LogP contribution in [0.15, 0.2) is 91.0 Å². The summed E-state index contributed by atoms with van der Waals surface area (Å²) in [5.74, 6) is 3.64. The number of piperazine rings is 1. The van der Waals surface area contributed by atoms with Gasteiger partial charge in [-0.3, -0.25) is 49.4 Å². The van der Waals surface area contributed by atoms with Gasteiger partial charge in [0.1, 0.15) is 36.5 Å². The number of H-pyrrole nitrogens is 1. The maximum absolute atomic E-state index is 13.1. The van der Waals surface area contributed by atoms with Crippen LogP contribution in [-0.2, 0) is 54.5 Å². The number of aromatic nitrogens is 2. The van der Waals surface area contributed by atoms with Crippen molar-refractivity contribution in [3.8, 4) is 29.2 Å². The second-order valence-electron chi connectivity index (χ2n) is 19.1. The van der Waals surface area contributed by atoms with Crippen LogP contribution >= 0.6 is 0 Å². The molecule has 20 heteroatoms. The highest BCUT2D eigenvalue weighted by Crippen LogP contribution is 2.30. The first-order valence-electron chi connectivity index (χ1n) is 25.7. The third-order valence-electron chi connectivity index (χ3n) is 13.6. The summed E-state index contributed by atoms with van der Waals surface area (Å²) >= 11 is 0. The van der Waals surface area contributed by atoms with E-state index in [4.69, 9.17) is 23.7 Å². The smallest absolute Gasteiger partial charge is 0.257 e. The maximum Gasteiger partial charge on any atom is 0.257 e. The van der Waals surface area contributed by atoms with Gasteiger partial charge in [0, 0.05) is 90.9 Å². The summed E-state index contributed by atoms with van der Waals surface area (Å²) in [5, 5.41) is 18.1. The molecule has 0 bridgehead atoms. The first-order valence-corrected chi connectivity index (χ1v) is 25.7. The number of carbonyl (C=O) groups is 6. The van der Waals surface area contributed by atoms with Crippen molar-refractivity contribution < 1.29 is 52.5 Å². The summed E-state index contributed by atoms with van der Waals surface area (Å²) in [5.41, 5.74) is 6.21. The Morgan fingerprint density at radius 1 is 0.779 bits per heavy atom. The van der Waals surface area contributed by atoms with Gasteiger partial charge in [0.15, 0.2) is 5.82 Å². The Hall–Kier alpha value is -8.25. The van der Waals surface area contributed by atoms with E-state index in [2.05, 4.69) is 67.1 Å². The maximum atomic E-state index is 13.1. The molecule has 3 atom stereocenters. The number of amides is 6. The Bertz CT molecular complexity index is 2940. The van der Waals surface area contributed by atoms with E-state index in [-0.39, 0.29) is 74.9 Å². The third-order valence-corrected chi connectivity index (χ3v) is 13.6. The molecule has 3 aliphatic heterocycles. The summed E-state index contributed by atoms with van der Waals surface area (Å²) in [6.45, 7) is 7.57.